The monoisotopic (exact) mass is 366 g/mol. The van der Waals surface area contributed by atoms with Crippen LogP contribution in [0.4, 0.5) is 0 Å². The molecule has 1 saturated heterocycles. The molecule has 1 heterocycles. The Morgan fingerprint density at radius 1 is 1.20 bits per heavy atom. The zero-order chi connectivity index (χ0) is 18.3. The molecule has 0 saturated carbocycles. The van der Waals surface area contributed by atoms with Crippen LogP contribution < -0.4 is 4.72 Å². The van der Waals surface area contributed by atoms with Crippen LogP contribution >= 0.6 is 0 Å². The van der Waals surface area contributed by atoms with E-state index in [1.54, 1.807) is 4.90 Å². The highest BCUT2D eigenvalue weighted by atomic mass is 32.2. The number of hydrogen-bond acceptors (Lipinski definition) is 4. The molecule has 0 radical (unpaired) electrons. The molecule has 1 N–H and O–H groups in total. The fourth-order valence-corrected chi connectivity index (χ4v) is 3.56. The standard InChI is InChI=1S/C18H26N2O4S/c1-25(23,24)19-12-11-18(22)20-13-5-8-16(14-20)17(21)10-9-15-6-3-2-4-7-15/h2-4,6-7,16,19H,5,8-14H2,1H3/t16-/m0/s1. The summed E-state index contributed by atoms with van der Waals surface area (Å²) in [5.41, 5.74) is 1.14. The molecular formula is C18H26N2O4S. The van der Waals surface area contributed by atoms with Gasteiger partial charge in [0.1, 0.15) is 5.78 Å². The third-order valence-electron chi connectivity index (χ3n) is 4.44. The first-order valence-corrected chi connectivity index (χ1v) is 10.5. The van der Waals surface area contributed by atoms with Gasteiger partial charge in [-0.05, 0) is 24.8 Å². The molecule has 1 aliphatic heterocycles. The molecule has 0 aliphatic carbocycles. The van der Waals surface area contributed by atoms with Crippen molar-refractivity contribution in [3.8, 4) is 0 Å². The normalized spacial score (nSPS) is 18.1. The molecule has 0 unspecified atom stereocenters. The van der Waals surface area contributed by atoms with Crippen molar-refractivity contribution in [1.82, 2.24) is 9.62 Å². The Morgan fingerprint density at radius 3 is 2.60 bits per heavy atom. The minimum Gasteiger partial charge on any atom is -0.342 e. The number of benzene rings is 1. The molecule has 138 valence electrons. The van der Waals surface area contributed by atoms with Crippen molar-refractivity contribution in [3.63, 3.8) is 0 Å². The summed E-state index contributed by atoms with van der Waals surface area (Å²) in [6, 6.07) is 9.91. The van der Waals surface area contributed by atoms with Gasteiger partial charge in [0.15, 0.2) is 0 Å². The lowest BCUT2D eigenvalue weighted by Gasteiger charge is -2.32. The van der Waals surface area contributed by atoms with E-state index in [1.807, 2.05) is 30.3 Å². The molecule has 2 rings (SSSR count). The van der Waals surface area contributed by atoms with E-state index in [-0.39, 0.29) is 30.6 Å². The van der Waals surface area contributed by atoms with Crippen LogP contribution in [0.25, 0.3) is 0 Å². The summed E-state index contributed by atoms with van der Waals surface area (Å²) in [5, 5.41) is 0. The quantitative estimate of drug-likeness (QED) is 0.753. The van der Waals surface area contributed by atoms with Crippen molar-refractivity contribution in [2.75, 3.05) is 25.9 Å². The number of ketones is 1. The van der Waals surface area contributed by atoms with Crippen molar-refractivity contribution < 1.29 is 18.0 Å². The van der Waals surface area contributed by atoms with E-state index >= 15 is 0 Å². The van der Waals surface area contributed by atoms with Gasteiger partial charge < -0.3 is 4.90 Å². The molecule has 1 fully saturated rings. The summed E-state index contributed by atoms with van der Waals surface area (Å²) >= 11 is 0. The van der Waals surface area contributed by atoms with E-state index < -0.39 is 10.0 Å². The number of amides is 1. The van der Waals surface area contributed by atoms with E-state index in [0.29, 0.717) is 19.5 Å². The first kappa shape index (κ1) is 19.6. The van der Waals surface area contributed by atoms with E-state index in [9.17, 15) is 18.0 Å². The second-order valence-electron chi connectivity index (χ2n) is 6.55. The maximum atomic E-state index is 12.5. The van der Waals surface area contributed by atoms with Crippen LogP contribution in [0, 0.1) is 5.92 Å². The number of rotatable bonds is 8. The van der Waals surface area contributed by atoms with Gasteiger partial charge in [-0.2, -0.15) is 0 Å². The summed E-state index contributed by atoms with van der Waals surface area (Å²) in [6.45, 7) is 1.19. The molecule has 25 heavy (non-hydrogen) atoms. The predicted molar refractivity (Wildman–Crippen MR) is 96.5 cm³/mol. The Hall–Kier alpha value is -1.73. The highest BCUT2D eigenvalue weighted by Crippen LogP contribution is 2.20. The van der Waals surface area contributed by atoms with Gasteiger partial charge in [-0.15, -0.1) is 0 Å². The minimum atomic E-state index is -3.28. The molecule has 0 bridgehead atoms. The molecular weight excluding hydrogens is 340 g/mol. The lowest BCUT2D eigenvalue weighted by molar-refractivity contribution is -0.135. The second-order valence-corrected chi connectivity index (χ2v) is 8.38. The predicted octanol–water partition coefficient (Wildman–Crippen LogP) is 1.37. The Bertz CT molecular complexity index is 688. The Labute approximate surface area is 149 Å². The number of piperidine rings is 1. The van der Waals surface area contributed by atoms with E-state index in [1.165, 1.54) is 0 Å². The van der Waals surface area contributed by atoms with Gasteiger partial charge in [0, 0.05) is 38.4 Å². The van der Waals surface area contributed by atoms with Crippen LogP contribution in [0.2, 0.25) is 0 Å². The number of nitrogens with zero attached hydrogens (tertiary/aromatic N) is 1. The molecule has 1 aliphatic rings. The number of Topliss-reactive ketones (excluding diaryl/α,β-unsaturated/α-hetero) is 1. The highest BCUT2D eigenvalue weighted by Gasteiger charge is 2.27. The number of carbonyl (C=O) groups is 2. The van der Waals surface area contributed by atoms with E-state index in [2.05, 4.69) is 4.72 Å². The minimum absolute atomic E-state index is 0.0980. The fraction of sp³-hybridized carbons (Fsp3) is 0.556. The zero-order valence-electron chi connectivity index (χ0n) is 14.6. The number of likely N-dealkylation sites (tertiary alicyclic amines) is 1. The molecule has 6 nitrogen and oxygen atoms in total. The summed E-state index contributed by atoms with van der Waals surface area (Å²) < 4.78 is 24.4. The molecule has 0 spiro atoms. The maximum absolute atomic E-state index is 12.5. The highest BCUT2D eigenvalue weighted by molar-refractivity contribution is 7.88. The summed E-state index contributed by atoms with van der Waals surface area (Å²) in [6.07, 6.45) is 4.04. The van der Waals surface area contributed by atoms with Gasteiger partial charge >= 0.3 is 0 Å². The fourth-order valence-electron chi connectivity index (χ4n) is 3.08. The third-order valence-corrected chi connectivity index (χ3v) is 5.16. The summed E-state index contributed by atoms with van der Waals surface area (Å²) in [7, 11) is -3.28. The lowest BCUT2D eigenvalue weighted by atomic mass is 9.90. The van der Waals surface area contributed by atoms with Crippen molar-refractivity contribution >= 4 is 21.7 Å². The van der Waals surface area contributed by atoms with Gasteiger partial charge in [-0.25, -0.2) is 13.1 Å². The van der Waals surface area contributed by atoms with Gasteiger partial charge in [0.05, 0.1) is 6.26 Å². The molecule has 1 aromatic rings. The Kier molecular flexibility index (Phi) is 7.13. The summed E-state index contributed by atoms with van der Waals surface area (Å²) in [4.78, 5) is 26.4. The molecule has 1 atom stereocenters. The zero-order valence-corrected chi connectivity index (χ0v) is 15.4. The number of aryl methyl sites for hydroxylation is 1. The Balaban J connectivity index is 1.79. The van der Waals surface area contributed by atoms with Crippen LogP contribution in [-0.4, -0.2) is 50.9 Å². The largest absolute Gasteiger partial charge is 0.342 e. The van der Waals surface area contributed by atoms with Crippen molar-refractivity contribution in [3.05, 3.63) is 35.9 Å². The van der Waals surface area contributed by atoms with Crippen LogP contribution in [-0.2, 0) is 26.0 Å². The molecule has 1 aromatic carbocycles. The molecule has 1 amide bonds. The number of hydrogen-bond donors (Lipinski definition) is 1. The molecule has 0 aromatic heterocycles. The second kappa shape index (κ2) is 9.10. The average Bonchev–Trinajstić information content (AvgIpc) is 2.59. The van der Waals surface area contributed by atoms with Crippen molar-refractivity contribution in [2.24, 2.45) is 5.92 Å². The van der Waals surface area contributed by atoms with Crippen LogP contribution in [0.15, 0.2) is 30.3 Å². The SMILES string of the molecule is CS(=O)(=O)NCCC(=O)N1CCC[C@H](C(=O)CCc2ccccc2)C1. The first-order chi connectivity index (χ1) is 11.8. The van der Waals surface area contributed by atoms with Crippen molar-refractivity contribution in [2.45, 2.75) is 32.1 Å². The lowest BCUT2D eigenvalue weighted by Crippen LogP contribution is -2.43. The number of nitrogens with one attached hydrogen (secondary N) is 1. The average molecular weight is 366 g/mol. The molecule has 7 heteroatoms. The van der Waals surface area contributed by atoms with Gasteiger partial charge in [0.25, 0.3) is 0 Å². The van der Waals surface area contributed by atoms with Gasteiger partial charge in [0.2, 0.25) is 15.9 Å². The number of carbonyl (C=O) groups excluding carboxylic acids is 2. The van der Waals surface area contributed by atoms with Crippen LogP contribution in [0.5, 0.6) is 0 Å². The third kappa shape index (κ3) is 6.96. The van der Waals surface area contributed by atoms with E-state index in [4.69, 9.17) is 0 Å². The van der Waals surface area contributed by atoms with Gasteiger partial charge in [-0.1, -0.05) is 30.3 Å². The van der Waals surface area contributed by atoms with Gasteiger partial charge in [-0.3, -0.25) is 9.59 Å². The van der Waals surface area contributed by atoms with Crippen molar-refractivity contribution in [1.29, 1.82) is 0 Å². The first-order valence-electron chi connectivity index (χ1n) is 8.64. The maximum Gasteiger partial charge on any atom is 0.223 e. The van der Waals surface area contributed by atoms with Crippen LogP contribution in [0.1, 0.15) is 31.2 Å². The van der Waals surface area contributed by atoms with Crippen LogP contribution in [0.3, 0.4) is 0 Å². The number of sulfonamides is 1. The summed E-state index contributed by atoms with van der Waals surface area (Å²) in [5.74, 6) is -0.00315. The smallest absolute Gasteiger partial charge is 0.223 e. The van der Waals surface area contributed by atoms with E-state index in [0.717, 1.165) is 31.1 Å². The Morgan fingerprint density at radius 2 is 1.92 bits per heavy atom. The topological polar surface area (TPSA) is 83.6 Å².